The fraction of sp³-hybridized carbons (Fsp3) is 0.692. The SMILES string of the molecule is CCCC(CC)n1c(CCl)nc2c(C)nn(C)c21. The number of nitrogens with zero attached hydrogens (tertiary/aromatic N) is 4. The predicted molar refractivity (Wildman–Crippen MR) is 75.0 cm³/mol. The van der Waals surface area contributed by atoms with Crippen LogP contribution in [0.2, 0.25) is 0 Å². The highest BCUT2D eigenvalue weighted by molar-refractivity contribution is 6.16. The third kappa shape index (κ3) is 2.03. The van der Waals surface area contributed by atoms with Crippen molar-refractivity contribution in [2.75, 3.05) is 0 Å². The number of hydrogen-bond acceptors (Lipinski definition) is 2. The van der Waals surface area contributed by atoms with E-state index >= 15 is 0 Å². The summed E-state index contributed by atoms with van der Waals surface area (Å²) < 4.78 is 4.21. The Morgan fingerprint density at radius 1 is 1.33 bits per heavy atom. The molecule has 4 nitrogen and oxygen atoms in total. The summed E-state index contributed by atoms with van der Waals surface area (Å²) in [6.45, 7) is 6.43. The highest BCUT2D eigenvalue weighted by Gasteiger charge is 2.21. The van der Waals surface area contributed by atoms with Gasteiger partial charge in [0, 0.05) is 13.1 Å². The van der Waals surface area contributed by atoms with Crippen molar-refractivity contribution in [1.29, 1.82) is 0 Å². The van der Waals surface area contributed by atoms with E-state index in [-0.39, 0.29) is 0 Å². The average molecular weight is 269 g/mol. The number of rotatable bonds is 5. The largest absolute Gasteiger partial charge is 0.309 e. The Labute approximate surface area is 113 Å². The molecule has 2 heterocycles. The number of halogens is 1. The Balaban J connectivity index is 2.65. The lowest BCUT2D eigenvalue weighted by Gasteiger charge is -2.19. The van der Waals surface area contributed by atoms with E-state index in [9.17, 15) is 0 Å². The zero-order chi connectivity index (χ0) is 13.3. The number of hydrogen-bond donors (Lipinski definition) is 0. The molecule has 0 saturated heterocycles. The quantitative estimate of drug-likeness (QED) is 0.777. The van der Waals surface area contributed by atoms with Crippen LogP contribution < -0.4 is 0 Å². The first-order valence-corrected chi connectivity index (χ1v) is 7.13. The first kappa shape index (κ1) is 13.4. The summed E-state index contributed by atoms with van der Waals surface area (Å²) in [4.78, 5) is 4.65. The van der Waals surface area contributed by atoms with Crippen LogP contribution in [0, 0.1) is 6.92 Å². The molecule has 0 N–H and O–H groups in total. The Kier molecular flexibility index (Phi) is 3.95. The van der Waals surface area contributed by atoms with Gasteiger partial charge in [-0.3, -0.25) is 4.68 Å². The Morgan fingerprint density at radius 2 is 2.06 bits per heavy atom. The van der Waals surface area contributed by atoms with Crippen LogP contribution in [-0.2, 0) is 12.9 Å². The molecule has 0 aliphatic rings. The third-order valence-electron chi connectivity index (χ3n) is 3.49. The molecule has 2 aromatic rings. The summed E-state index contributed by atoms with van der Waals surface area (Å²) in [6.07, 6.45) is 3.40. The monoisotopic (exact) mass is 268 g/mol. The van der Waals surface area contributed by atoms with Crippen molar-refractivity contribution in [3.05, 3.63) is 11.5 Å². The number of aromatic nitrogens is 4. The molecular weight excluding hydrogens is 248 g/mol. The van der Waals surface area contributed by atoms with Gasteiger partial charge in [0.25, 0.3) is 0 Å². The molecule has 2 aromatic heterocycles. The van der Waals surface area contributed by atoms with Gasteiger partial charge in [-0.15, -0.1) is 11.6 Å². The normalized spacial score (nSPS) is 13.4. The molecule has 0 saturated carbocycles. The van der Waals surface area contributed by atoms with Crippen LogP contribution in [0.4, 0.5) is 0 Å². The van der Waals surface area contributed by atoms with Gasteiger partial charge in [-0.25, -0.2) is 4.98 Å². The van der Waals surface area contributed by atoms with Crippen LogP contribution >= 0.6 is 11.6 Å². The van der Waals surface area contributed by atoms with Gasteiger partial charge in [-0.05, 0) is 19.8 Å². The molecule has 0 bridgehead atoms. The Hall–Kier alpha value is -1.03. The minimum atomic E-state index is 0.453. The summed E-state index contributed by atoms with van der Waals surface area (Å²) in [7, 11) is 1.98. The lowest BCUT2D eigenvalue weighted by molar-refractivity contribution is 0.441. The zero-order valence-electron chi connectivity index (χ0n) is 11.6. The van der Waals surface area contributed by atoms with Crippen molar-refractivity contribution < 1.29 is 0 Å². The van der Waals surface area contributed by atoms with Gasteiger partial charge in [0.1, 0.15) is 11.3 Å². The van der Waals surface area contributed by atoms with Crippen molar-refractivity contribution >= 4 is 22.8 Å². The first-order valence-electron chi connectivity index (χ1n) is 6.60. The predicted octanol–water partition coefficient (Wildman–Crippen LogP) is 3.57. The minimum absolute atomic E-state index is 0.453. The van der Waals surface area contributed by atoms with Gasteiger partial charge in [0.05, 0.1) is 11.6 Å². The smallest absolute Gasteiger partial charge is 0.158 e. The lowest BCUT2D eigenvalue weighted by Crippen LogP contribution is -2.13. The zero-order valence-corrected chi connectivity index (χ0v) is 12.3. The fourth-order valence-electron chi connectivity index (χ4n) is 2.67. The second-order valence-corrected chi connectivity index (χ2v) is 5.03. The van der Waals surface area contributed by atoms with E-state index in [0.29, 0.717) is 11.9 Å². The second-order valence-electron chi connectivity index (χ2n) is 4.76. The molecule has 0 spiro atoms. The van der Waals surface area contributed by atoms with Crippen LogP contribution in [0.5, 0.6) is 0 Å². The number of fused-ring (bicyclic) bond motifs is 1. The molecule has 0 aliphatic heterocycles. The van der Waals surface area contributed by atoms with E-state index in [1.54, 1.807) is 0 Å². The van der Waals surface area contributed by atoms with E-state index in [2.05, 4.69) is 28.5 Å². The van der Waals surface area contributed by atoms with Crippen molar-refractivity contribution in [3.8, 4) is 0 Å². The maximum absolute atomic E-state index is 6.05. The van der Waals surface area contributed by atoms with Crippen LogP contribution in [0.15, 0.2) is 0 Å². The van der Waals surface area contributed by atoms with Crippen molar-refractivity contribution in [2.24, 2.45) is 7.05 Å². The van der Waals surface area contributed by atoms with E-state index in [1.807, 2.05) is 18.7 Å². The molecule has 0 fully saturated rings. The minimum Gasteiger partial charge on any atom is -0.309 e. The lowest BCUT2D eigenvalue weighted by atomic mass is 10.1. The number of imidazole rings is 1. The Morgan fingerprint density at radius 3 is 2.61 bits per heavy atom. The summed E-state index contributed by atoms with van der Waals surface area (Å²) in [6, 6.07) is 0.462. The van der Waals surface area contributed by atoms with Crippen LogP contribution in [-0.4, -0.2) is 19.3 Å². The molecule has 2 rings (SSSR count). The van der Waals surface area contributed by atoms with E-state index < -0.39 is 0 Å². The maximum atomic E-state index is 6.05. The summed E-state index contributed by atoms with van der Waals surface area (Å²) in [5, 5.41) is 4.45. The van der Waals surface area contributed by atoms with Gasteiger partial charge in [-0.1, -0.05) is 20.3 Å². The molecule has 0 aliphatic carbocycles. The highest BCUT2D eigenvalue weighted by Crippen LogP contribution is 2.28. The van der Waals surface area contributed by atoms with Crippen LogP contribution in [0.25, 0.3) is 11.2 Å². The van der Waals surface area contributed by atoms with Gasteiger partial charge < -0.3 is 4.57 Å². The Bertz CT molecular complexity index is 541. The summed E-state index contributed by atoms with van der Waals surface area (Å²) in [5.74, 6) is 1.41. The second kappa shape index (κ2) is 5.31. The molecule has 0 radical (unpaired) electrons. The van der Waals surface area contributed by atoms with E-state index in [0.717, 1.165) is 41.9 Å². The summed E-state index contributed by atoms with van der Waals surface area (Å²) >= 11 is 6.05. The average Bonchev–Trinajstić information content (AvgIpc) is 2.86. The van der Waals surface area contributed by atoms with Gasteiger partial charge in [-0.2, -0.15) is 5.10 Å². The summed E-state index contributed by atoms with van der Waals surface area (Å²) in [5.41, 5.74) is 3.06. The van der Waals surface area contributed by atoms with Crippen LogP contribution in [0.3, 0.4) is 0 Å². The van der Waals surface area contributed by atoms with Gasteiger partial charge in [0.15, 0.2) is 5.65 Å². The fourth-order valence-corrected chi connectivity index (χ4v) is 2.86. The van der Waals surface area contributed by atoms with Gasteiger partial charge >= 0.3 is 0 Å². The molecule has 1 atom stereocenters. The standard InChI is InChI=1S/C13H21ClN4/c1-5-7-10(6-2)18-11(8-14)15-12-9(3)16-17(4)13(12)18/h10H,5-8H2,1-4H3. The molecule has 5 heteroatoms. The highest BCUT2D eigenvalue weighted by atomic mass is 35.5. The molecule has 100 valence electrons. The third-order valence-corrected chi connectivity index (χ3v) is 3.73. The number of aryl methyl sites for hydroxylation is 2. The van der Waals surface area contributed by atoms with Crippen molar-refractivity contribution in [3.63, 3.8) is 0 Å². The molecule has 0 amide bonds. The molecule has 18 heavy (non-hydrogen) atoms. The van der Waals surface area contributed by atoms with Crippen molar-refractivity contribution in [1.82, 2.24) is 19.3 Å². The number of alkyl halides is 1. The molecule has 1 unspecified atom stereocenters. The maximum Gasteiger partial charge on any atom is 0.158 e. The molecular formula is C13H21ClN4. The first-order chi connectivity index (χ1) is 8.63. The molecule has 0 aromatic carbocycles. The van der Waals surface area contributed by atoms with E-state index in [4.69, 9.17) is 11.6 Å². The van der Waals surface area contributed by atoms with E-state index in [1.165, 1.54) is 0 Å². The van der Waals surface area contributed by atoms with Crippen LogP contribution in [0.1, 0.15) is 50.7 Å². The van der Waals surface area contributed by atoms with Gasteiger partial charge in [0.2, 0.25) is 0 Å². The van der Waals surface area contributed by atoms with Crippen molar-refractivity contribution in [2.45, 2.75) is 52.0 Å². The topological polar surface area (TPSA) is 35.6 Å².